The number of pyridine rings is 1. The van der Waals surface area contributed by atoms with Gasteiger partial charge in [-0.05, 0) is 37.1 Å². The maximum atomic E-state index is 13.9. The molecule has 0 saturated carbocycles. The van der Waals surface area contributed by atoms with Crippen LogP contribution in [0.15, 0.2) is 54.9 Å². The Bertz CT molecular complexity index is 1080. The number of amides is 1. The van der Waals surface area contributed by atoms with Crippen LogP contribution in [-0.4, -0.2) is 39.8 Å². The molecule has 29 heavy (non-hydrogen) atoms. The van der Waals surface area contributed by atoms with Crippen LogP contribution in [0.5, 0.6) is 0 Å². The van der Waals surface area contributed by atoms with Crippen LogP contribution in [-0.2, 0) is 0 Å². The third-order valence-electron chi connectivity index (χ3n) is 5.24. The van der Waals surface area contributed by atoms with E-state index in [1.165, 1.54) is 24.4 Å². The number of anilines is 1. The molecule has 0 aliphatic carbocycles. The van der Waals surface area contributed by atoms with Gasteiger partial charge in [0.25, 0.3) is 11.6 Å². The standard InChI is InChI=1S/C21H19FN4O3/c22-18-4-2-1-3-16(18)21(27)25-11-8-14(9-12-25)24-19-5-6-20(26(28)29)17-13-23-10-7-15(17)19/h1-7,10,13-14,24H,8-9,11-12H2. The predicted molar refractivity (Wildman–Crippen MR) is 107 cm³/mol. The Balaban J connectivity index is 1.47. The van der Waals surface area contributed by atoms with Crippen molar-refractivity contribution in [1.82, 2.24) is 9.88 Å². The third-order valence-corrected chi connectivity index (χ3v) is 5.24. The number of nitrogens with zero attached hydrogens (tertiary/aromatic N) is 3. The topological polar surface area (TPSA) is 88.4 Å². The van der Waals surface area contributed by atoms with Gasteiger partial charge < -0.3 is 10.2 Å². The Morgan fingerprint density at radius 1 is 1.14 bits per heavy atom. The van der Waals surface area contributed by atoms with E-state index in [-0.39, 0.29) is 23.2 Å². The van der Waals surface area contributed by atoms with Gasteiger partial charge in [0.05, 0.1) is 15.9 Å². The smallest absolute Gasteiger partial charge is 0.278 e. The van der Waals surface area contributed by atoms with E-state index in [1.807, 2.05) is 0 Å². The molecule has 1 N–H and O–H groups in total. The molecule has 0 bridgehead atoms. The van der Waals surface area contributed by atoms with E-state index in [2.05, 4.69) is 10.3 Å². The molecular formula is C21H19FN4O3. The molecule has 0 atom stereocenters. The quantitative estimate of drug-likeness (QED) is 0.534. The molecule has 0 unspecified atom stereocenters. The number of likely N-dealkylation sites (tertiary alicyclic amines) is 1. The van der Waals surface area contributed by atoms with Gasteiger partial charge in [-0.25, -0.2) is 4.39 Å². The zero-order valence-corrected chi connectivity index (χ0v) is 15.5. The molecule has 0 spiro atoms. The number of carbonyl (C=O) groups excluding carboxylic acids is 1. The molecule has 8 heteroatoms. The number of rotatable bonds is 4. The van der Waals surface area contributed by atoms with Crippen LogP contribution < -0.4 is 5.32 Å². The average Bonchev–Trinajstić information content (AvgIpc) is 2.74. The van der Waals surface area contributed by atoms with Crippen LogP contribution in [0.2, 0.25) is 0 Å². The number of benzene rings is 2. The van der Waals surface area contributed by atoms with E-state index in [4.69, 9.17) is 0 Å². The molecule has 1 aliphatic heterocycles. The molecule has 148 valence electrons. The van der Waals surface area contributed by atoms with Crippen LogP contribution >= 0.6 is 0 Å². The van der Waals surface area contributed by atoms with Gasteiger partial charge in [-0.1, -0.05) is 12.1 Å². The third kappa shape index (κ3) is 3.73. The van der Waals surface area contributed by atoms with Gasteiger partial charge in [-0.2, -0.15) is 0 Å². The van der Waals surface area contributed by atoms with E-state index >= 15 is 0 Å². The first kappa shape index (κ1) is 18.8. The first-order valence-corrected chi connectivity index (χ1v) is 9.36. The fourth-order valence-corrected chi connectivity index (χ4v) is 3.71. The molecule has 1 aliphatic rings. The first-order valence-electron chi connectivity index (χ1n) is 9.36. The lowest BCUT2D eigenvalue weighted by Crippen LogP contribution is -2.42. The summed E-state index contributed by atoms with van der Waals surface area (Å²) in [7, 11) is 0. The Morgan fingerprint density at radius 2 is 1.90 bits per heavy atom. The number of non-ortho nitro benzene ring substituents is 1. The molecule has 1 fully saturated rings. The van der Waals surface area contributed by atoms with Crippen molar-refractivity contribution in [2.45, 2.75) is 18.9 Å². The van der Waals surface area contributed by atoms with Crippen molar-refractivity contribution < 1.29 is 14.1 Å². The van der Waals surface area contributed by atoms with Gasteiger partial charge in [0.1, 0.15) is 5.82 Å². The van der Waals surface area contributed by atoms with Crippen molar-refractivity contribution in [3.63, 3.8) is 0 Å². The van der Waals surface area contributed by atoms with E-state index in [0.29, 0.717) is 31.3 Å². The van der Waals surface area contributed by atoms with Crippen LogP contribution in [0.1, 0.15) is 23.2 Å². The van der Waals surface area contributed by atoms with Crippen molar-refractivity contribution in [1.29, 1.82) is 0 Å². The minimum absolute atomic E-state index is 0.0175. The summed E-state index contributed by atoms with van der Waals surface area (Å²) in [6.07, 6.45) is 4.49. The van der Waals surface area contributed by atoms with Crippen LogP contribution in [0, 0.1) is 15.9 Å². The van der Waals surface area contributed by atoms with Crippen LogP contribution in [0.4, 0.5) is 15.8 Å². The number of halogens is 1. The lowest BCUT2D eigenvalue weighted by atomic mass is 10.0. The molecule has 4 rings (SSSR count). The molecule has 7 nitrogen and oxygen atoms in total. The highest BCUT2D eigenvalue weighted by Crippen LogP contribution is 2.32. The highest BCUT2D eigenvalue weighted by atomic mass is 19.1. The van der Waals surface area contributed by atoms with Gasteiger partial charge in [-0.3, -0.25) is 19.9 Å². The summed E-state index contributed by atoms with van der Waals surface area (Å²) in [6.45, 7) is 1.02. The van der Waals surface area contributed by atoms with E-state index in [1.54, 1.807) is 35.4 Å². The zero-order chi connectivity index (χ0) is 20.4. The van der Waals surface area contributed by atoms with E-state index in [9.17, 15) is 19.3 Å². The second-order valence-corrected chi connectivity index (χ2v) is 7.00. The molecule has 3 aromatic rings. The number of nitro benzene ring substituents is 1. The van der Waals surface area contributed by atoms with Gasteiger partial charge in [0, 0.05) is 48.7 Å². The minimum Gasteiger partial charge on any atom is -0.382 e. The number of hydrogen-bond acceptors (Lipinski definition) is 5. The number of aromatic nitrogens is 1. The lowest BCUT2D eigenvalue weighted by molar-refractivity contribution is -0.383. The van der Waals surface area contributed by atoms with Crippen molar-refractivity contribution >= 4 is 28.1 Å². The number of nitrogens with one attached hydrogen (secondary N) is 1. The number of hydrogen-bond donors (Lipinski definition) is 1. The van der Waals surface area contributed by atoms with Crippen molar-refractivity contribution in [3.05, 3.63) is 76.4 Å². The largest absolute Gasteiger partial charge is 0.382 e. The van der Waals surface area contributed by atoms with Gasteiger partial charge in [0.15, 0.2) is 0 Å². The first-order chi connectivity index (χ1) is 14.0. The molecule has 2 heterocycles. The molecular weight excluding hydrogens is 375 g/mol. The second kappa shape index (κ2) is 7.83. The van der Waals surface area contributed by atoms with Crippen molar-refractivity contribution in [2.75, 3.05) is 18.4 Å². The lowest BCUT2D eigenvalue weighted by Gasteiger charge is -2.33. The highest BCUT2D eigenvalue weighted by molar-refractivity contribution is 5.99. The average molecular weight is 394 g/mol. The fourth-order valence-electron chi connectivity index (χ4n) is 3.71. The number of nitro groups is 1. The van der Waals surface area contributed by atoms with Crippen LogP contribution in [0.3, 0.4) is 0 Å². The minimum atomic E-state index is -0.510. The summed E-state index contributed by atoms with van der Waals surface area (Å²) in [4.78, 5) is 29.1. The van der Waals surface area contributed by atoms with Gasteiger partial charge >= 0.3 is 0 Å². The Labute approximate surface area is 166 Å². The van der Waals surface area contributed by atoms with Gasteiger partial charge in [0.2, 0.25) is 0 Å². The second-order valence-electron chi connectivity index (χ2n) is 7.00. The monoisotopic (exact) mass is 394 g/mol. The molecule has 1 saturated heterocycles. The molecule has 1 aromatic heterocycles. The Hall–Kier alpha value is -3.55. The summed E-state index contributed by atoms with van der Waals surface area (Å²) in [5, 5.41) is 15.9. The number of carbonyl (C=O) groups is 1. The van der Waals surface area contributed by atoms with Crippen molar-refractivity contribution in [2.24, 2.45) is 0 Å². The van der Waals surface area contributed by atoms with Crippen LogP contribution in [0.25, 0.3) is 10.8 Å². The normalized spacial score (nSPS) is 14.7. The maximum absolute atomic E-state index is 13.9. The summed E-state index contributed by atoms with van der Waals surface area (Å²) in [5.41, 5.74) is 0.906. The molecule has 1 amide bonds. The molecule has 2 aromatic carbocycles. The maximum Gasteiger partial charge on any atom is 0.278 e. The predicted octanol–water partition coefficient (Wildman–Crippen LogP) is 4.00. The summed E-state index contributed by atoms with van der Waals surface area (Å²) in [5.74, 6) is -0.808. The van der Waals surface area contributed by atoms with E-state index in [0.717, 1.165) is 11.1 Å². The SMILES string of the molecule is O=C(c1ccccc1F)N1CCC(Nc2ccc([N+](=O)[O-])c3cnccc23)CC1. The number of piperidine rings is 1. The zero-order valence-electron chi connectivity index (χ0n) is 15.5. The van der Waals surface area contributed by atoms with E-state index < -0.39 is 10.7 Å². The number of fused-ring (bicyclic) bond motifs is 1. The highest BCUT2D eigenvalue weighted by Gasteiger charge is 2.25. The van der Waals surface area contributed by atoms with Gasteiger partial charge in [-0.15, -0.1) is 0 Å². The Kier molecular flexibility index (Phi) is 5.07. The van der Waals surface area contributed by atoms with Crippen molar-refractivity contribution in [3.8, 4) is 0 Å². The summed E-state index contributed by atoms with van der Waals surface area (Å²) in [6, 6.07) is 11.0. The summed E-state index contributed by atoms with van der Waals surface area (Å²) < 4.78 is 13.9. The Morgan fingerprint density at radius 3 is 2.62 bits per heavy atom. The fraction of sp³-hybridized carbons (Fsp3) is 0.238. The summed E-state index contributed by atoms with van der Waals surface area (Å²) >= 11 is 0. The molecule has 0 radical (unpaired) electrons.